The van der Waals surface area contributed by atoms with Gasteiger partial charge in [-0.25, -0.2) is 0 Å². The van der Waals surface area contributed by atoms with E-state index in [0.717, 1.165) is 22.0 Å². The molecular weight excluding hydrogens is 478 g/mol. The fraction of sp³-hybridized carbons (Fsp3) is 0.357. The molecule has 4 rings (SSSR count). The van der Waals surface area contributed by atoms with Crippen LogP contribution in [0.2, 0.25) is 5.02 Å². The number of carbonyl (C=O) groups is 1. The van der Waals surface area contributed by atoms with Crippen LogP contribution in [-0.2, 0) is 16.0 Å². The second kappa shape index (κ2) is 10.7. The van der Waals surface area contributed by atoms with E-state index in [-0.39, 0.29) is 12.1 Å². The van der Waals surface area contributed by atoms with Gasteiger partial charge >= 0.3 is 5.97 Å². The number of rotatable bonds is 8. The average Bonchev–Trinajstić information content (AvgIpc) is 3.29. The third-order valence-electron chi connectivity index (χ3n) is 5.31. The van der Waals surface area contributed by atoms with E-state index < -0.39 is 5.60 Å². The van der Waals surface area contributed by atoms with Crippen LogP contribution in [0, 0.1) is 0 Å². The van der Waals surface area contributed by atoms with E-state index in [9.17, 15) is 4.79 Å². The number of esters is 1. The van der Waals surface area contributed by atoms with E-state index in [2.05, 4.69) is 15.1 Å². The lowest BCUT2D eigenvalue weighted by molar-refractivity contribution is -0.154. The van der Waals surface area contributed by atoms with Gasteiger partial charge in [0.2, 0.25) is 5.82 Å². The number of hydrogen-bond acceptors (Lipinski definition) is 7. The number of aromatic nitrogens is 3. The van der Waals surface area contributed by atoms with Crippen molar-refractivity contribution in [1.82, 2.24) is 15.1 Å². The first-order valence-electron chi connectivity index (χ1n) is 12.0. The van der Waals surface area contributed by atoms with Gasteiger partial charge in [0.15, 0.2) is 0 Å². The van der Waals surface area contributed by atoms with E-state index in [4.69, 9.17) is 25.6 Å². The number of fused-ring (bicyclic) bond motifs is 1. The van der Waals surface area contributed by atoms with Crippen molar-refractivity contribution in [2.24, 2.45) is 0 Å². The molecule has 188 valence electrons. The molecule has 2 heterocycles. The van der Waals surface area contributed by atoms with Crippen molar-refractivity contribution in [2.45, 2.75) is 65.6 Å². The van der Waals surface area contributed by atoms with E-state index >= 15 is 0 Å². The Morgan fingerprint density at radius 3 is 2.64 bits per heavy atom. The standard InChI is InChI=1S/C28H30ClN3O4/c1-17(2)34-24-13-12-18(16-22(24)29)27-31-26(32-36-27)21-9-6-8-20-19(21)14-15-30-23(20)10-7-11-25(33)35-28(3,4)5/h6,8-9,12-17H,7,10-11H2,1-5H3. The Hall–Kier alpha value is -3.45. The molecule has 0 radical (unpaired) electrons. The molecule has 0 unspecified atom stereocenters. The molecule has 2 aromatic heterocycles. The van der Waals surface area contributed by atoms with Crippen LogP contribution in [0.5, 0.6) is 5.75 Å². The highest BCUT2D eigenvalue weighted by atomic mass is 35.5. The molecule has 4 aromatic rings. The van der Waals surface area contributed by atoms with Gasteiger partial charge in [0.05, 0.1) is 11.1 Å². The summed E-state index contributed by atoms with van der Waals surface area (Å²) in [6.45, 7) is 9.49. The lowest BCUT2D eigenvalue weighted by atomic mass is 10.0. The third kappa shape index (κ3) is 6.21. The molecule has 0 bridgehead atoms. The number of carbonyl (C=O) groups excluding carboxylic acids is 1. The highest BCUT2D eigenvalue weighted by molar-refractivity contribution is 6.32. The topological polar surface area (TPSA) is 87.3 Å². The van der Waals surface area contributed by atoms with Gasteiger partial charge in [-0.3, -0.25) is 9.78 Å². The van der Waals surface area contributed by atoms with Gasteiger partial charge in [-0.1, -0.05) is 35.0 Å². The third-order valence-corrected chi connectivity index (χ3v) is 5.61. The van der Waals surface area contributed by atoms with Crippen molar-refractivity contribution in [1.29, 1.82) is 0 Å². The van der Waals surface area contributed by atoms with Gasteiger partial charge in [0.25, 0.3) is 5.89 Å². The fourth-order valence-electron chi connectivity index (χ4n) is 3.89. The second-order valence-electron chi connectivity index (χ2n) is 9.83. The summed E-state index contributed by atoms with van der Waals surface area (Å²) in [5, 5.41) is 6.65. The number of nitrogens with zero attached hydrogens (tertiary/aromatic N) is 3. The van der Waals surface area contributed by atoms with Crippen LogP contribution in [0.4, 0.5) is 0 Å². The van der Waals surface area contributed by atoms with Crippen LogP contribution in [0.3, 0.4) is 0 Å². The number of aryl methyl sites for hydroxylation is 1. The second-order valence-corrected chi connectivity index (χ2v) is 10.2. The van der Waals surface area contributed by atoms with Gasteiger partial charge in [-0.2, -0.15) is 4.98 Å². The van der Waals surface area contributed by atoms with Gasteiger partial charge in [-0.15, -0.1) is 0 Å². The number of halogens is 1. The predicted octanol–water partition coefficient (Wildman–Crippen LogP) is 7.06. The maximum atomic E-state index is 12.1. The number of benzene rings is 2. The molecule has 0 aliphatic carbocycles. The van der Waals surface area contributed by atoms with Gasteiger partial charge in [-0.05, 0) is 77.1 Å². The zero-order chi connectivity index (χ0) is 25.9. The Kier molecular flexibility index (Phi) is 7.59. The zero-order valence-corrected chi connectivity index (χ0v) is 21.9. The average molecular weight is 508 g/mol. The van der Waals surface area contributed by atoms with E-state index in [0.29, 0.717) is 47.3 Å². The predicted molar refractivity (Wildman–Crippen MR) is 140 cm³/mol. The van der Waals surface area contributed by atoms with Gasteiger partial charge in [0.1, 0.15) is 11.4 Å². The molecule has 0 saturated heterocycles. The summed E-state index contributed by atoms with van der Waals surface area (Å²) in [5.41, 5.74) is 1.97. The van der Waals surface area contributed by atoms with E-state index in [1.54, 1.807) is 18.3 Å². The van der Waals surface area contributed by atoms with Crippen molar-refractivity contribution in [2.75, 3.05) is 0 Å². The lowest BCUT2D eigenvalue weighted by Gasteiger charge is -2.19. The largest absolute Gasteiger partial charge is 0.489 e. The number of hydrogen-bond donors (Lipinski definition) is 0. The SMILES string of the molecule is CC(C)Oc1ccc(-c2nc(-c3cccc4c(CCCC(=O)OC(C)(C)C)nccc34)no2)cc1Cl. The first-order valence-corrected chi connectivity index (χ1v) is 12.4. The van der Waals surface area contributed by atoms with Crippen molar-refractivity contribution in [3.05, 3.63) is 59.4 Å². The van der Waals surface area contributed by atoms with Crippen molar-refractivity contribution < 1.29 is 18.8 Å². The van der Waals surface area contributed by atoms with Gasteiger partial charge in [0, 0.05) is 34.8 Å². The van der Waals surface area contributed by atoms with Crippen LogP contribution in [0.15, 0.2) is 53.2 Å². The van der Waals surface area contributed by atoms with Crippen LogP contribution >= 0.6 is 11.6 Å². The summed E-state index contributed by atoms with van der Waals surface area (Å²) in [4.78, 5) is 21.3. The summed E-state index contributed by atoms with van der Waals surface area (Å²) in [5.74, 6) is 1.24. The fourth-order valence-corrected chi connectivity index (χ4v) is 4.11. The molecule has 0 saturated carbocycles. The first kappa shape index (κ1) is 25.6. The monoisotopic (exact) mass is 507 g/mol. The Bertz CT molecular complexity index is 1370. The molecular formula is C28H30ClN3O4. The van der Waals surface area contributed by atoms with Crippen molar-refractivity contribution in [3.63, 3.8) is 0 Å². The molecule has 7 nitrogen and oxygen atoms in total. The minimum atomic E-state index is -0.484. The Balaban J connectivity index is 1.55. The van der Waals surface area contributed by atoms with E-state index in [1.807, 2.05) is 65.0 Å². The first-order chi connectivity index (χ1) is 17.1. The maximum absolute atomic E-state index is 12.1. The highest BCUT2D eigenvalue weighted by Crippen LogP contribution is 2.33. The van der Waals surface area contributed by atoms with Crippen molar-refractivity contribution >= 4 is 28.3 Å². The molecule has 0 N–H and O–H groups in total. The summed E-state index contributed by atoms with van der Waals surface area (Å²) in [6, 6.07) is 13.3. The lowest BCUT2D eigenvalue weighted by Crippen LogP contribution is -2.23. The van der Waals surface area contributed by atoms with Crippen LogP contribution in [-0.4, -0.2) is 32.8 Å². The number of ether oxygens (including phenoxy) is 2. The summed E-state index contributed by atoms with van der Waals surface area (Å²) in [6.07, 6.45) is 3.43. The Labute approximate surface area is 215 Å². The smallest absolute Gasteiger partial charge is 0.306 e. The molecule has 36 heavy (non-hydrogen) atoms. The summed E-state index contributed by atoms with van der Waals surface area (Å²) in [7, 11) is 0. The minimum absolute atomic E-state index is 0.0198. The molecule has 2 aromatic carbocycles. The highest BCUT2D eigenvalue weighted by Gasteiger charge is 2.18. The Morgan fingerprint density at radius 1 is 1.11 bits per heavy atom. The molecule has 0 atom stereocenters. The maximum Gasteiger partial charge on any atom is 0.306 e. The van der Waals surface area contributed by atoms with Crippen LogP contribution in [0.25, 0.3) is 33.6 Å². The molecule has 0 spiro atoms. The molecule has 0 aliphatic heterocycles. The molecule has 0 amide bonds. The Morgan fingerprint density at radius 2 is 1.92 bits per heavy atom. The van der Waals surface area contributed by atoms with Gasteiger partial charge < -0.3 is 14.0 Å². The summed E-state index contributed by atoms with van der Waals surface area (Å²) >= 11 is 6.38. The normalized spacial score (nSPS) is 11.8. The molecule has 8 heteroatoms. The van der Waals surface area contributed by atoms with Crippen LogP contribution in [0.1, 0.15) is 53.2 Å². The zero-order valence-electron chi connectivity index (χ0n) is 21.2. The number of pyridine rings is 1. The minimum Gasteiger partial charge on any atom is -0.489 e. The van der Waals surface area contributed by atoms with Crippen LogP contribution < -0.4 is 4.74 Å². The van der Waals surface area contributed by atoms with E-state index in [1.165, 1.54) is 0 Å². The molecule has 0 fully saturated rings. The van der Waals surface area contributed by atoms with Crippen molar-refractivity contribution in [3.8, 4) is 28.6 Å². The quantitative estimate of drug-likeness (QED) is 0.236. The molecule has 0 aliphatic rings. The summed E-state index contributed by atoms with van der Waals surface area (Å²) < 4.78 is 16.7.